The zero-order chi connectivity index (χ0) is 11.7. The molecule has 4 heteroatoms. The molecule has 4 nitrogen and oxygen atoms in total. The topological polar surface area (TPSA) is 55.1 Å². The van der Waals surface area contributed by atoms with Crippen molar-refractivity contribution in [3.05, 3.63) is 41.7 Å². The molecule has 0 bridgehead atoms. The number of carboxylic acids is 1. The Labute approximate surface area is 93.1 Å². The number of hydrogen-bond donors (Lipinski definition) is 1. The molecule has 0 saturated heterocycles. The van der Waals surface area contributed by atoms with Crippen LogP contribution in [0, 0.1) is 6.92 Å². The molecule has 0 saturated carbocycles. The number of aryl methyl sites for hydroxylation is 2. The fourth-order valence-corrected chi connectivity index (χ4v) is 1.64. The lowest BCUT2D eigenvalue weighted by Gasteiger charge is -2.04. The zero-order valence-electron chi connectivity index (χ0n) is 9.14. The summed E-state index contributed by atoms with van der Waals surface area (Å²) < 4.78 is 1.66. The molecule has 1 aromatic carbocycles. The molecule has 0 radical (unpaired) electrons. The molecule has 0 unspecified atom stereocenters. The third-order valence-corrected chi connectivity index (χ3v) is 2.42. The molecule has 1 N–H and O–H groups in total. The molecule has 1 aromatic heterocycles. The smallest absolute Gasteiger partial charge is 0.336 e. The second kappa shape index (κ2) is 3.81. The highest BCUT2D eigenvalue weighted by Crippen LogP contribution is 2.24. The van der Waals surface area contributed by atoms with E-state index in [1.807, 2.05) is 13.0 Å². The highest BCUT2D eigenvalue weighted by molar-refractivity contribution is 5.96. The highest BCUT2D eigenvalue weighted by atomic mass is 16.4. The Balaban J connectivity index is 2.62. The Morgan fingerprint density at radius 3 is 2.75 bits per heavy atom. The molecule has 0 aliphatic rings. The fraction of sp³-hybridized carbons (Fsp3) is 0.167. The monoisotopic (exact) mass is 216 g/mol. The van der Waals surface area contributed by atoms with Crippen molar-refractivity contribution in [2.75, 3.05) is 0 Å². The van der Waals surface area contributed by atoms with Crippen LogP contribution in [-0.2, 0) is 7.05 Å². The minimum Gasteiger partial charge on any atom is -0.478 e. The Hall–Kier alpha value is -2.10. The van der Waals surface area contributed by atoms with Crippen LogP contribution in [0.1, 0.15) is 15.9 Å². The van der Waals surface area contributed by atoms with E-state index in [4.69, 9.17) is 5.11 Å². The molecule has 0 aliphatic heterocycles. The van der Waals surface area contributed by atoms with Crippen LogP contribution in [0.15, 0.2) is 30.6 Å². The van der Waals surface area contributed by atoms with E-state index >= 15 is 0 Å². The summed E-state index contributed by atoms with van der Waals surface area (Å²) in [6.45, 7) is 1.94. The lowest BCUT2D eigenvalue weighted by Crippen LogP contribution is -1.99. The van der Waals surface area contributed by atoms with Gasteiger partial charge in [0.1, 0.15) is 0 Å². The molecular weight excluding hydrogens is 204 g/mol. The molecule has 2 aromatic rings. The average Bonchev–Trinajstić information content (AvgIpc) is 2.64. The summed E-state index contributed by atoms with van der Waals surface area (Å²) in [6, 6.07) is 5.28. The van der Waals surface area contributed by atoms with Gasteiger partial charge in [0.15, 0.2) is 0 Å². The summed E-state index contributed by atoms with van der Waals surface area (Å²) in [5.74, 6) is -0.918. The van der Waals surface area contributed by atoms with E-state index in [1.165, 1.54) is 0 Å². The maximum absolute atomic E-state index is 11.1. The Kier molecular flexibility index (Phi) is 2.48. The second-order valence-corrected chi connectivity index (χ2v) is 3.76. The van der Waals surface area contributed by atoms with E-state index in [0.717, 1.165) is 11.1 Å². The summed E-state index contributed by atoms with van der Waals surface area (Å²) in [4.78, 5) is 11.1. The van der Waals surface area contributed by atoms with Gasteiger partial charge in [0, 0.05) is 18.8 Å². The maximum atomic E-state index is 11.1. The SMILES string of the molecule is Cc1ccc(C(=O)O)c(-c2cnn(C)c2)c1. The van der Waals surface area contributed by atoms with Crippen LogP contribution in [0.25, 0.3) is 11.1 Å². The lowest BCUT2D eigenvalue weighted by atomic mass is 10.0. The van der Waals surface area contributed by atoms with E-state index in [0.29, 0.717) is 11.1 Å². The molecule has 16 heavy (non-hydrogen) atoms. The van der Waals surface area contributed by atoms with Gasteiger partial charge in [-0.25, -0.2) is 4.79 Å². The molecular formula is C12H12N2O2. The summed E-state index contributed by atoms with van der Waals surface area (Å²) in [6.07, 6.45) is 3.47. The molecule has 0 aliphatic carbocycles. The van der Waals surface area contributed by atoms with Crippen molar-refractivity contribution in [3.63, 3.8) is 0 Å². The second-order valence-electron chi connectivity index (χ2n) is 3.76. The van der Waals surface area contributed by atoms with E-state index in [2.05, 4.69) is 5.10 Å². The number of aromatic nitrogens is 2. The van der Waals surface area contributed by atoms with Crippen molar-refractivity contribution < 1.29 is 9.90 Å². The van der Waals surface area contributed by atoms with Gasteiger partial charge in [-0.2, -0.15) is 5.10 Å². The quantitative estimate of drug-likeness (QED) is 0.836. The predicted octanol–water partition coefficient (Wildman–Crippen LogP) is 2.09. The predicted molar refractivity (Wildman–Crippen MR) is 60.3 cm³/mol. The summed E-state index contributed by atoms with van der Waals surface area (Å²) in [7, 11) is 1.81. The van der Waals surface area contributed by atoms with Gasteiger partial charge in [0.2, 0.25) is 0 Å². The molecule has 0 fully saturated rings. The number of aromatic carboxylic acids is 1. The zero-order valence-corrected chi connectivity index (χ0v) is 9.14. The van der Waals surface area contributed by atoms with Crippen molar-refractivity contribution in [1.29, 1.82) is 0 Å². The minimum atomic E-state index is -0.918. The first-order valence-electron chi connectivity index (χ1n) is 4.91. The van der Waals surface area contributed by atoms with Gasteiger partial charge < -0.3 is 5.11 Å². The van der Waals surface area contributed by atoms with Crippen molar-refractivity contribution in [2.24, 2.45) is 7.05 Å². The van der Waals surface area contributed by atoms with Gasteiger partial charge in [-0.3, -0.25) is 4.68 Å². The highest BCUT2D eigenvalue weighted by Gasteiger charge is 2.12. The van der Waals surface area contributed by atoms with E-state index < -0.39 is 5.97 Å². The van der Waals surface area contributed by atoms with Crippen molar-refractivity contribution in [3.8, 4) is 11.1 Å². The third kappa shape index (κ3) is 1.82. The first-order valence-corrected chi connectivity index (χ1v) is 4.91. The number of benzene rings is 1. The Morgan fingerprint density at radius 1 is 1.44 bits per heavy atom. The van der Waals surface area contributed by atoms with Crippen LogP contribution in [0.3, 0.4) is 0 Å². The number of nitrogens with zero attached hydrogens (tertiary/aromatic N) is 2. The van der Waals surface area contributed by atoms with Gasteiger partial charge in [0.05, 0.1) is 11.8 Å². The van der Waals surface area contributed by atoms with Gasteiger partial charge in [-0.15, -0.1) is 0 Å². The summed E-state index contributed by atoms with van der Waals surface area (Å²) >= 11 is 0. The van der Waals surface area contributed by atoms with Crippen LogP contribution in [-0.4, -0.2) is 20.9 Å². The van der Waals surface area contributed by atoms with Gasteiger partial charge in [-0.1, -0.05) is 17.7 Å². The van der Waals surface area contributed by atoms with Gasteiger partial charge in [0.25, 0.3) is 0 Å². The first kappa shape index (κ1) is 10.4. The van der Waals surface area contributed by atoms with Crippen molar-refractivity contribution >= 4 is 5.97 Å². The number of hydrogen-bond acceptors (Lipinski definition) is 2. The number of rotatable bonds is 2. The maximum Gasteiger partial charge on any atom is 0.336 e. The molecule has 0 amide bonds. The average molecular weight is 216 g/mol. The van der Waals surface area contributed by atoms with E-state index in [9.17, 15) is 4.79 Å². The Bertz CT molecular complexity index is 544. The molecule has 0 spiro atoms. The first-order chi connectivity index (χ1) is 7.58. The van der Waals surface area contributed by atoms with E-state index in [1.54, 1.807) is 36.3 Å². The van der Waals surface area contributed by atoms with Crippen molar-refractivity contribution in [1.82, 2.24) is 9.78 Å². The lowest BCUT2D eigenvalue weighted by molar-refractivity contribution is 0.0698. The summed E-state index contributed by atoms with van der Waals surface area (Å²) in [5, 5.41) is 13.1. The summed E-state index contributed by atoms with van der Waals surface area (Å²) in [5.41, 5.74) is 2.87. The standard InChI is InChI=1S/C12H12N2O2/c1-8-3-4-10(12(15)16)11(5-8)9-6-13-14(2)7-9/h3-7H,1-2H3,(H,15,16). The van der Waals surface area contributed by atoms with Crippen LogP contribution in [0.4, 0.5) is 0 Å². The number of carbonyl (C=O) groups is 1. The van der Waals surface area contributed by atoms with E-state index in [-0.39, 0.29) is 0 Å². The minimum absolute atomic E-state index is 0.304. The van der Waals surface area contributed by atoms with Crippen molar-refractivity contribution in [2.45, 2.75) is 6.92 Å². The fourth-order valence-electron chi connectivity index (χ4n) is 1.64. The van der Waals surface area contributed by atoms with Crippen LogP contribution in [0.2, 0.25) is 0 Å². The largest absolute Gasteiger partial charge is 0.478 e. The Morgan fingerprint density at radius 2 is 2.19 bits per heavy atom. The number of carboxylic acid groups (broad SMARTS) is 1. The molecule has 2 rings (SSSR count). The molecule has 1 heterocycles. The van der Waals surface area contributed by atoms with Gasteiger partial charge >= 0.3 is 5.97 Å². The normalized spacial score (nSPS) is 10.4. The van der Waals surface area contributed by atoms with Crippen LogP contribution >= 0.6 is 0 Å². The van der Waals surface area contributed by atoms with Gasteiger partial charge in [-0.05, 0) is 18.6 Å². The van der Waals surface area contributed by atoms with Crippen LogP contribution in [0.5, 0.6) is 0 Å². The third-order valence-electron chi connectivity index (χ3n) is 2.42. The molecule has 82 valence electrons. The molecule has 0 atom stereocenters. The van der Waals surface area contributed by atoms with Crippen LogP contribution < -0.4 is 0 Å².